The Balaban J connectivity index is 1.66. The fourth-order valence-corrected chi connectivity index (χ4v) is 4.06. The smallest absolute Gasteiger partial charge is 0.260 e. The molecule has 24 heavy (non-hydrogen) atoms. The van der Waals surface area contributed by atoms with E-state index < -0.39 is 5.82 Å². The number of carbonyl (C=O) groups excluding carboxylic acids is 1. The first-order chi connectivity index (χ1) is 11.5. The molecule has 2 saturated heterocycles. The van der Waals surface area contributed by atoms with Crippen molar-refractivity contribution in [3.05, 3.63) is 29.0 Å². The summed E-state index contributed by atoms with van der Waals surface area (Å²) in [5.74, 6) is -0.102. The molecule has 0 aliphatic carbocycles. The van der Waals surface area contributed by atoms with Crippen molar-refractivity contribution < 1.29 is 13.9 Å². The van der Waals surface area contributed by atoms with Gasteiger partial charge in [-0.25, -0.2) is 4.39 Å². The van der Waals surface area contributed by atoms with E-state index in [2.05, 4.69) is 12.2 Å². The Bertz CT molecular complexity index is 613. The largest absolute Gasteiger partial charge is 0.484 e. The number of hydrogen-bond donors (Lipinski definition) is 1. The number of nitrogens with one attached hydrogen (secondary N) is 1. The molecule has 0 aromatic heterocycles. The molecule has 2 aliphatic rings. The molecule has 3 rings (SSSR count). The number of amides is 1. The molecule has 0 spiro atoms. The number of nitrogens with zero attached hydrogens (tertiary/aromatic N) is 1. The van der Waals surface area contributed by atoms with Gasteiger partial charge in [0.05, 0.1) is 5.02 Å². The molecule has 0 unspecified atom stereocenters. The van der Waals surface area contributed by atoms with Gasteiger partial charge in [-0.3, -0.25) is 4.79 Å². The molecule has 6 heteroatoms. The standard InChI is InChI=1S/C18H24ClFN2O2/c1-18-8-4-10-22(16(18)5-2-3-9-21-18)17(23)12-24-13-6-7-15(20)14(19)11-13/h6-7,11,16,21H,2-5,8-10,12H2,1H3/t16-,18-/m0/s1. The summed E-state index contributed by atoms with van der Waals surface area (Å²) in [6.07, 6.45) is 5.39. The van der Waals surface area contributed by atoms with E-state index in [0.29, 0.717) is 5.75 Å². The summed E-state index contributed by atoms with van der Waals surface area (Å²) in [5.41, 5.74) is -0.0103. The van der Waals surface area contributed by atoms with Crippen LogP contribution in [0.25, 0.3) is 0 Å². The zero-order valence-corrected chi connectivity index (χ0v) is 14.7. The number of benzene rings is 1. The normalized spacial score (nSPS) is 27.3. The van der Waals surface area contributed by atoms with E-state index in [9.17, 15) is 9.18 Å². The van der Waals surface area contributed by atoms with Gasteiger partial charge in [-0.05, 0) is 51.3 Å². The second-order valence-electron chi connectivity index (χ2n) is 6.91. The van der Waals surface area contributed by atoms with Crippen LogP contribution in [0.4, 0.5) is 4.39 Å². The molecule has 132 valence electrons. The van der Waals surface area contributed by atoms with Crippen molar-refractivity contribution in [2.24, 2.45) is 0 Å². The minimum absolute atomic E-state index is 0.00142. The SMILES string of the molecule is C[C@]12CCCN(C(=O)COc3ccc(F)c(Cl)c3)[C@H]1CCCCN2. The lowest BCUT2D eigenvalue weighted by molar-refractivity contribution is -0.139. The van der Waals surface area contributed by atoms with Crippen molar-refractivity contribution in [1.82, 2.24) is 10.2 Å². The number of piperidine rings is 1. The van der Waals surface area contributed by atoms with Gasteiger partial charge in [0, 0.05) is 24.2 Å². The second kappa shape index (κ2) is 7.28. The minimum Gasteiger partial charge on any atom is -0.484 e. The van der Waals surface area contributed by atoms with Gasteiger partial charge >= 0.3 is 0 Å². The van der Waals surface area contributed by atoms with Gasteiger partial charge in [-0.1, -0.05) is 18.0 Å². The molecule has 4 nitrogen and oxygen atoms in total. The number of hydrogen-bond acceptors (Lipinski definition) is 3. The van der Waals surface area contributed by atoms with E-state index in [1.54, 1.807) is 0 Å². The molecule has 1 aromatic rings. The van der Waals surface area contributed by atoms with Gasteiger partial charge in [-0.2, -0.15) is 0 Å². The lowest BCUT2D eigenvalue weighted by Crippen LogP contribution is -2.63. The monoisotopic (exact) mass is 354 g/mol. The highest BCUT2D eigenvalue weighted by molar-refractivity contribution is 6.30. The molecule has 0 bridgehead atoms. The van der Waals surface area contributed by atoms with Crippen LogP contribution < -0.4 is 10.1 Å². The molecule has 0 saturated carbocycles. The maximum Gasteiger partial charge on any atom is 0.260 e. The predicted molar refractivity (Wildman–Crippen MR) is 91.9 cm³/mol. The highest BCUT2D eigenvalue weighted by Crippen LogP contribution is 2.33. The Hall–Kier alpha value is -1.33. The molecule has 1 amide bonds. The summed E-state index contributed by atoms with van der Waals surface area (Å²) in [7, 11) is 0. The fraction of sp³-hybridized carbons (Fsp3) is 0.611. The first-order valence-corrected chi connectivity index (χ1v) is 9.00. The van der Waals surface area contributed by atoms with Crippen molar-refractivity contribution in [1.29, 1.82) is 0 Å². The van der Waals surface area contributed by atoms with Crippen LogP contribution in [0.2, 0.25) is 5.02 Å². The third-order valence-corrected chi connectivity index (χ3v) is 5.50. The number of likely N-dealkylation sites (tertiary alicyclic amines) is 1. The van der Waals surface area contributed by atoms with E-state index >= 15 is 0 Å². The molecule has 2 aliphatic heterocycles. The summed E-state index contributed by atoms with van der Waals surface area (Å²) in [6, 6.07) is 4.34. The van der Waals surface area contributed by atoms with Crippen molar-refractivity contribution in [2.75, 3.05) is 19.7 Å². The third kappa shape index (κ3) is 3.67. The highest BCUT2D eigenvalue weighted by atomic mass is 35.5. The zero-order valence-electron chi connectivity index (χ0n) is 14.0. The van der Waals surface area contributed by atoms with Crippen LogP contribution in [0.5, 0.6) is 5.75 Å². The third-order valence-electron chi connectivity index (χ3n) is 5.21. The first-order valence-electron chi connectivity index (χ1n) is 8.62. The average molecular weight is 355 g/mol. The van der Waals surface area contributed by atoms with E-state index in [1.807, 2.05) is 4.90 Å². The maximum absolute atomic E-state index is 13.2. The molecular formula is C18H24ClFN2O2. The van der Waals surface area contributed by atoms with Crippen LogP contribution in [0.1, 0.15) is 39.0 Å². The Kier molecular flexibility index (Phi) is 5.30. The summed E-state index contributed by atoms with van der Waals surface area (Å²) in [6.45, 7) is 3.96. The minimum atomic E-state index is -0.494. The van der Waals surface area contributed by atoms with Gasteiger partial charge in [-0.15, -0.1) is 0 Å². The Morgan fingerprint density at radius 2 is 2.29 bits per heavy atom. The summed E-state index contributed by atoms with van der Waals surface area (Å²) >= 11 is 5.75. The summed E-state index contributed by atoms with van der Waals surface area (Å²) < 4.78 is 18.7. The molecule has 2 heterocycles. The number of fused-ring (bicyclic) bond motifs is 1. The van der Waals surface area contributed by atoms with Crippen LogP contribution >= 0.6 is 11.6 Å². The molecule has 0 radical (unpaired) electrons. The van der Waals surface area contributed by atoms with E-state index in [1.165, 1.54) is 18.2 Å². The van der Waals surface area contributed by atoms with E-state index in [-0.39, 0.29) is 29.1 Å². The zero-order chi connectivity index (χ0) is 17.2. The Morgan fingerprint density at radius 1 is 1.46 bits per heavy atom. The van der Waals surface area contributed by atoms with E-state index in [0.717, 1.165) is 45.2 Å². The topological polar surface area (TPSA) is 41.6 Å². The van der Waals surface area contributed by atoms with Crippen LogP contribution in [0.3, 0.4) is 0 Å². The van der Waals surface area contributed by atoms with Gasteiger partial charge in [0.25, 0.3) is 5.91 Å². The predicted octanol–water partition coefficient (Wildman–Crippen LogP) is 3.38. The molecule has 1 N–H and O–H groups in total. The quantitative estimate of drug-likeness (QED) is 0.904. The lowest BCUT2D eigenvalue weighted by Gasteiger charge is -2.48. The lowest BCUT2D eigenvalue weighted by atomic mass is 9.81. The van der Waals surface area contributed by atoms with Crippen molar-refractivity contribution >= 4 is 17.5 Å². The van der Waals surface area contributed by atoms with E-state index in [4.69, 9.17) is 16.3 Å². The molecule has 2 fully saturated rings. The molecule has 1 aromatic carbocycles. The summed E-state index contributed by atoms with van der Waals surface area (Å²) in [4.78, 5) is 14.7. The first kappa shape index (κ1) is 17.5. The Labute approximate surface area is 147 Å². The van der Waals surface area contributed by atoms with Crippen LogP contribution in [-0.2, 0) is 4.79 Å². The number of rotatable bonds is 3. The average Bonchev–Trinajstić information content (AvgIpc) is 2.76. The highest BCUT2D eigenvalue weighted by Gasteiger charge is 2.43. The Morgan fingerprint density at radius 3 is 3.08 bits per heavy atom. The molecule has 2 atom stereocenters. The van der Waals surface area contributed by atoms with Crippen LogP contribution in [-0.4, -0.2) is 42.1 Å². The van der Waals surface area contributed by atoms with Crippen molar-refractivity contribution in [3.8, 4) is 5.75 Å². The summed E-state index contributed by atoms with van der Waals surface area (Å²) in [5, 5.41) is 3.64. The number of halogens is 2. The van der Waals surface area contributed by atoms with Gasteiger partial charge in [0.15, 0.2) is 6.61 Å². The van der Waals surface area contributed by atoms with Gasteiger partial charge < -0.3 is 15.0 Å². The van der Waals surface area contributed by atoms with Crippen molar-refractivity contribution in [2.45, 2.75) is 50.6 Å². The molecular weight excluding hydrogens is 331 g/mol. The number of ether oxygens (including phenoxy) is 1. The maximum atomic E-state index is 13.2. The second-order valence-corrected chi connectivity index (χ2v) is 7.32. The fourth-order valence-electron chi connectivity index (χ4n) is 3.89. The van der Waals surface area contributed by atoms with Crippen LogP contribution in [0.15, 0.2) is 18.2 Å². The van der Waals surface area contributed by atoms with Gasteiger partial charge in [0.1, 0.15) is 11.6 Å². The van der Waals surface area contributed by atoms with Crippen molar-refractivity contribution in [3.63, 3.8) is 0 Å². The van der Waals surface area contributed by atoms with Crippen LogP contribution in [0, 0.1) is 5.82 Å². The number of carbonyl (C=O) groups is 1. The van der Waals surface area contributed by atoms with Gasteiger partial charge in [0.2, 0.25) is 0 Å².